The van der Waals surface area contributed by atoms with Gasteiger partial charge in [0.1, 0.15) is 11.5 Å². The zero-order valence-electron chi connectivity index (χ0n) is 18.6. The van der Waals surface area contributed by atoms with Gasteiger partial charge in [-0.3, -0.25) is 0 Å². The maximum atomic E-state index is 12.8. The lowest BCUT2D eigenvalue weighted by molar-refractivity contribution is 0.0525. The summed E-state index contributed by atoms with van der Waals surface area (Å²) in [5.74, 6) is 1.08. The maximum Gasteiger partial charge on any atom is 0.338 e. The van der Waals surface area contributed by atoms with Gasteiger partial charge < -0.3 is 14.2 Å². The predicted octanol–water partition coefficient (Wildman–Crippen LogP) is 6.37. The van der Waals surface area contributed by atoms with Gasteiger partial charge in [-0.05, 0) is 42.7 Å². The van der Waals surface area contributed by atoms with Crippen LogP contribution in [0.3, 0.4) is 0 Å². The van der Waals surface area contributed by atoms with Gasteiger partial charge in [-0.1, -0.05) is 66.7 Å². The van der Waals surface area contributed by atoms with Crippen molar-refractivity contribution in [1.29, 1.82) is 0 Å². The predicted molar refractivity (Wildman–Crippen MR) is 130 cm³/mol. The summed E-state index contributed by atoms with van der Waals surface area (Å²) in [6.07, 6.45) is 4.00. The molecule has 0 aromatic heterocycles. The molecular formula is C29H24O4. The summed E-state index contributed by atoms with van der Waals surface area (Å²) in [6.45, 7) is 2.12. The monoisotopic (exact) mass is 436 g/mol. The maximum absolute atomic E-state index is 12.8. The van der Waals surface area contributed by atoms with Gasteiger partial charge in [0.15, 0.2) is 5.60 Å². The van der Waals surface area contributed by atoms with Crippen LogP contribution >= 0.6 is 0 Å². The normalized spacial score (nSPS) is 16.7. The van der Waals surface area contributed by atoms with E-state index in [-0.39, 0.29) is 5.97 Å². The highest BCUT2D eigenvalue weighted by Crippen LogP contribution is 2.46. The molecule has 164 valence electrons. The van der Waals surface area contributed by atoms with Crippen LogP contribution in [0.4, 0.5) is 0 Å². The highest BCUT2D eigenvalue weighted by molar-refractivity contribution is 6.04. The molecule has 0 radical (unpaired) electrons. The minimum atomic E-state index is -0.864. The van der Waals surface area contributed by atoms with Gasteiger partial charge in [0.2, 0.25) is 0 Å². The number of hydrogen-bond donors (Lipinski definition) is 0. The van der Waals surface area contributed by atoms with E-state index >= 15 is 0 Å². The minimum Gasteiger partial charge on any atom is -0.497 e. The number of ether oxygens (including phenoxy) is 3. The summed E-state index contributed by atoms with van der Waals surface area (Å²) in [4.78, 5) is 12.8. The van der Waals surface area contributed by atoms with E-state index in [2.05, 4.69) is 12.1 Å². The third kappa shape index (κ3) is 3.54. The van der Waals surface area contributed by atoms with Crippen molar-refractivity contribution in [3.63, 3.8) is 0 Å². The van der Waals surface area contributed by atoms with Crippen molar-refractivity contribution in [1.82, 2.24) is 0 Å². The van der Waals surface area contributed by atoms with Crippen molar-refractivity contribution in [3.8, 4) is 11.5 Å². The molecule has 0 fully saturated rings. The summed E-state index contributed by atoms with van der Waals surface area (Å²) >= 11 is 0. The van der Waals surface area contributed by atoms with Gasteiger partial charge in [0.05, 0.1) is 19.3 Å². The van der Waals surface area contributed by atoms with E-state index < -0.39 is 5.60 Å². The molecule has 1 aliphatic rings. The number of rotatable bonds is 5. The first kappa shape index (κ1) is 20.8. The van der Waals surface area contributed by atoms with E-state index in [1.54, 1.807) is 7.11 Å². The molecule has 0 spiro atoms. The number of hydrogen-bond acceptors (Lipinski definition) is 4. The van der Waals surface area contributed by atoms with Crippen molar-refractivity contribution < 1.29 is 19.0 Å². The standard InChI is InChI=1S/C29H24O4/c1-3-32-28(30)26-19-20-9-7-8-12-24(20)27-25(26)17-18-29(33-27,21-10-5-4-6-11-21)22-13-15-23(31-2)16-14-22/h4-19H,3H2,1-2H3/t29-/m1/s1. The third-order valence-electron chi connectivity index (χ3n) is 6.00. The highest BCUT2D eigenvalue weighted by Gasteiger charge is 2.38. The van der Waals surface area contributed by atoms with Crippen LogP contribution in [0, 0.1) is 0 Å². The van der Waals surface area contributed by atoms with Crippen molar-refractivity contribution >= 4 is 22.8 Å². The van der Waals surface area contributed by atoms with Crippen LogP contribution in [-0.2, 0) is 10.3 Å². The molecule has 4 aromatic carbocycles. The number of fused-ring (bicyclic) bond motifs is 3. The van der Waals surface area contributed by atoms with Crippen molar-refractivity contribution in [3.05, 3.63) is 113 Å². The van der Waals surface area contributed by atoms with E-state index in [4.69, 9.17) is 14.2 Å². The van der Waals surface area contributed by atoms with Crippen LogP contribution < -0.4 is 9.47 Å². The first-order valence-corrected chi connectivity index (χ1v) is 11.0. The Morgan fingerprint density at radius 2 is 1.61 bits per heavy atom. The lowest BCUT2D eigenvalue weighted by Gasteiger charge is -2.37. The number of methoxy groups -OCH3 is 1. The summed E-state index contributed by atoms with van der Waals surface area (Å²) in [7, 11) is 1.65. The van der Waals surface area contributed by atoms with Gasteiger partial charge in [-0.25, -0.2) is 4.79 Å². The fraction of sp³-hybridized carbons (Fsp3) is 0.138. The topological polar surface area (TPSA) is 44.8 Å². The van der Waals surface area contributed by atoms with E-state index in [1.807, 2.05) is 91.9 Å². The fourth-order valence-electron chi connectivity index (χ4n) is 4.38. The molecule has 0 N–H and O–H groups in total. The fourth-order valence-corrected chi connectivity index (χ4v) is 4.38. The van der Waals surface area contributed by atoms with E-state index in [0.717, 1.165) is 33.2 Å². The van der Waals surface area contributed by atoms with Crippen molar-refractivity contribution in [2.45, 2.75) is 12.5 Å². The molecule has 1 aliphatic heterocycles. The molecule has 1 atom stereocenters. The van der Waals surface area contributed by atoms with Crippen LogP contribution in [0.15, 0.2) is 91.0 Å². The molecule has 33 heavy (non-hydrogen) atoms. The van der Waals surface area contributed by atoms with Gasteiger partial charge in [0.25, 0.3) is 0 Å². The average molecular weight is 437 g/mol. The van der Waals surface area contributed by atoms with Crippen LogP contribution in [0.5, 0.6) is 11.5 Å². The number of carbonyl (C=O) groups is 1. The summed E-state index contributed by atoms with van der Waals surface area (Å²) < 4.78 is 17.6. The van der Waals surface area contributed by atoms with Gasteiger partial charge in [-0.15, -0.1) is 0 Å². The second kappa shape index (κ2) is 8.47. The summed E-state index contributed by atoms with van der Waals surface area (Å²) in [5, 5.41) is 1.87. The Bertz CT molecular complexity index is 1340. The molecule has 0 amide bonds. The Balaban J connectivity index is 1.76. The average Bonchev–Trinajstić information content (AvgIpc) is 2.88. The zero-order chi connectivity index (χ0) is 22.8. The van der Waals surface area contributed by atoms with Gasteiger partial charge >= 0.3 is 5.97 Å². The van der Waals surface area contributed by atoms with Crippen LogP contribution in [0.2, 0.25) is 0 Å². The molecule has 5 rings (SSSR count). The second-order valence-corrected chi connectivity index (χ2v) is 7.87. The lowest BCUT2D eigenvalue weighted by Crippen LogP contribution is -2.34. The Morgan fingerprint density at radius 1 is 0.909 bits per heavy atom. The van der Waals surface area contributed by atoms with Gasteiger partial charge in [0, 0.05) is 22.1 Å². The Kier molecular flexibility index (Phi) is 5.35. The highest BCUT2D eigenvalue weighted by atomic mass is 16.5. The Morgan fingerprint density at radius 3 is 2.33 bits per heavy atom. The molecule has 0 saturated carbocycles. The van der Waals surface area contributed by atoms with E-state index in [1.165, 1.54) is 0 Å². The number of esters is 1. The van der Waals surface area contributed by atoms with Crippen molar-refractivity contribution in [2.24, 2.45) is 0 Å². The molecule has 0 aliphatic carbocycles. The number of benzene rings is 4. The summed E-state index contributed by atoms with van der Waals surface area (Å²) in [5.41, 5.74) is 2.31. The van der Waals surface area contributed by atoms with E-state index in [9.17, 15) is 4.79 Å². The smallest absolute Gasteiger partial charge is 0.338 e. The number of carbonyl (C=O) groups excluding carboxylic acids is 1. The first-order chi connectivity index (χ1) is 16.2. The molecule has 0 unspecified atom stereocenters. The quantitative estimate of drug-likeness (QED) is 0.341. The molecule has 0 saturated heterocycles. The third-order valence-corrected chi connectivity index (χ3v) is 6.00. The first-order valence-electron chi connectivity index (χ1n) is 11.0. The molecule has 4 nitrogen and oxygen atoms in total. The van der Waals surface area contributed by atoms with E-state index in [0.29, 0.717) is 17.9 Å². The molecule has 1 heterocycles. The lowest BCUT2D eigenvalue weighted by atomic mass is 9.82. The molecule has 4 heteroatoms. The second-order valence-electron chi connectivity index (χ2n) is 7.87. The Labute approximate surface area is 193 Å². The minimum absolute atomic E-state index is 0.310. The molecule has 0 bridgehead atoms. The SMILES string of the molecule is CCOC(=O)c1cc2ccccc2c2c1C=C[C@@](c1ccccc1)(c1ccc(OC)cc1)O2. The molecular weight excluding hydrogens is 412 g/mol. The summed E-state index contributed by atoms with van der Waals surface area (Å²) in [6, 6.07) is 27.8. The van der Waals surface area contributed by atoms with Crippen LogP contribution in [0.25, 0.3) is 16.8 Å². The zero-order valence-corrected chi connectivity index (χ0v) is 18.6. The largest absolute Gasteiger partial charge is 0.497 e. The molecule has 4 aromatic rings. The van der Waals surface area contributed by atoms with Crippen LogP contribution in [0.1, 0.15) is 34.0 Å². The van der Waals surface area contributed by atoms with Crippen molar-refractivity contribution in [2.75, 3.05) is 13.7 Å². The van der Waals surface area contributed by atoms with Gasteiger partial charge in [-0.2, -0.15) is 0 Å². The van der Waals surface area contributed by atoms with Crippen LogP contribution in [-0.4, -0.2) is 19.7 Å². The Hall–Kier alpha value is -4.05.